The Bertz CT molecular complexity index is 1120. The molecular formula is C24H24N2O7. The fourth-order valence-electron chi connectivity index (χ4n) is 3.02. The highest BCUT2D eigenvalue weighted by atomic mass is 16.5. The van der Waals surface area contributed by atoms with Crippen molar-refractivity contribution < 1.29 is 33.7 Å². The molecule has 33 heavy (non-hydrogen) atoms. The molecule has 0 aliphatic rings. The fraction of sp³-hybridized carbons (Fsp3) is 0.167. The van der Waals surface area contributed by atoms with Crippen LogP contribution in [-0.2, 0) is 0 Å². The van der Waals surface area contributed by atoms with Gasteiger partial charge in [-0.15, -0.1) is 0 Å². The van der Waals surface area contributed by atoms with Crippen molar-refractivity contribution in [2.75, 3.05) is 28.4 Å². The Labute approximate surface area is 191 Å². The van der Waals surface area contributed by atoms with E-state index < -0.39 is 5.91 Å². The minimum Gasteiger partial charge on any atom is -0.493 e. The maximum absolute atomic E-state index is 11.4. The Balaban J connectivity index is 1.86. The summed E-state index contributed by atoms with van der Waals surface area (Å²) >= 11 is 0. The molecule has 1 heterocycles. The molecule has 0 aliphatic carbocycles. The van der Waals surface area contributed by atoms with Gasteiger partial charge >= 0.3 is 0 Å². The molecule has 3 aromatic rings. The summed E-state index contributed by atoms with van der Waals surface area (Å²) in [5, 5.41) is 8.71. The van der Waals surface area contributed by atoms with Crippen molar-refractivity contribution in [3.05, 3.63) is 65.4 Å². The first kappa shape index (κ1) is 23.4. The van der Waals surface area contributed by atoms with E-state index in [4.69, 9.17) is 28.9 Å². The Morgan fingerprint density at radius 3 is 2.00 bits per heavy atom. The quantitative estimate of drug-likeness (QED) is 0.283. The van der Waals surface area contributed by atoms with Gasteiger partial charge in [0.05, 0.1) is 34.0 Å². The third-order valence-electron chi connectivity index (χ3n) is 4.66. The van der Waals surface area contributed by atoms with Crippen LogP contribution < -0.4 is 29.2 Å². The molecule has 0 saturated carbocycles. The van der Waals surface area contributed by atoms with Gasteiger partial charge in [0.25, 0.3) is 5.91 Å². The van der Waals surface area contributed by atoms with Gasteiger partial charge in [0, 0.05) is 12.3 Å². The highest BCUT2D eigenvalue weighted by molar-refractivity contribution is 5.93. The Kier molecular flexibility index (Phi) is 7.72. The van der Waals surface area contributed by atoms with Crippen molar-refractivity contribution in [2.45, 2.75) is 0 Å². The molecule has 0 radical (unpaired) electrons. The summed E-state index contributed by atoms with van der Waals surface area (Å²) < 4.78 is 27.4. The average Bonchev–Trinajstić information content (AvgIpc) is 2.86. The molecule has 9 heteroatoms. The molecule has 0 saturated heterocycles. The fourth-order valence-corrected chi connectivity index (χ4v) is 3.02. The largest absolute Gasteiger partial charge is 0.493 e. The maximum Gasteiger partial charge on any atom is 0.276 e. The van der Waals surface area contributed by atoms with Crippen molar-refractivity contribution in [1.82, 2.24) is 10.5 Å². The third-order valence-corrected chi connectivity index (χ3v) is 4.66. The number of hydrogen-bond donors (Lipinski definition) is 2. The van der Waals surface area contributed by atoms with E-state index in [1.54, 1.807) is 38.9 Å². The molecule has 2 N–H and O–H groups in total. The van der Waals surface area contributed by atoms with E-state index in [0.29, 0.717) is 28.7 Å². The molecule has 1 amide bonds. The van der Waals surface area contributed by atoms with E-state index in [1.165, 1.54) is 25.4 Å². The number of rotatable bonds is 9. The number of nitrogens with one attached hydrogen (secondary N) is 1. The van der Waals surface area contributed by atoms with Crippen molar-refractivity contribution >= 4 is 18.1 Å². The number of ether oxygens (including phenoxy) is 5. The van der Waals surface area contributed by atoms with Crippen molar-refractivity contribution in [1.29, 1.82) is 0 Å². The van der Waals surface area contributed by atoms with E-state index in [9.17, 15) is 4.79 Å². The van der Waals surface area contributed by atoms with Gasteiger partial charge in [0.2, 0.25) is 11.6 Å². The lowest BCUT2D eigenvalue weighted by atomic mass is 10.1. The summed E-state index contributed by atoms with van der Waals surface area (Å²) in [5.74, 6) is 2.18. The van der Waals surface area contributed by atoms with Crippen molar-refractivity contribution in [3.8, 4) is 34.6 Å². The number of hydrogen-bond acceptors (Lipinski definition) is 8. The molecule has 0 atom stereocenters. The van der Waals surface area contributed by atoms with E-state index in [-0.39, 0.29) is 11.4 Å². The van der Waals surface area contributed by atoms with Crippen LogP contribution in [0.4, 0.5) is 0 Å². The van der Waals surface area contributed by atoms with Gasteiger partial charge in [-0.25, -0.2) is 10.5 Å². The number of pyridine rings is 1. The Morgan fingerprint density at radius 2 is 1.45 bits per heavy atom. The summed E-state index contributed by atoms with van der Waals surface area (Å²) in [6.45, 7) is 0. The zero-order valence-corrected chi connectivity index (χ0v) is 18.6. The van der Waals surface area contributed by atoms with Gasteiger partial charge in [0.15, 0.2) is 23.0 Å². The van der Waals surface area contributed by atoms with E-state index >= 15 is 0 Å². The molecular weight excluding hydrogens is 428 g/mol. The molecule has 0 bridgehead atoms. The number of nitrogens with zero attached hydrogens (tertiary/aromatic N) is 1. The summed E-state index contributed by atoms with van der Waals surface area (Å²) in [7, 11) is 6.22. The van der Waals surface area contributed by atoms with Gasteiger partial charge in [-0.05, 0) is 41.5 Å². The maximum atomic E-state index is 11.4. The first-order valence-corrected chi connectivity index (χ1v) is 9.77. The topological polar surface area (TPSA) is 108 Å². The highest BCUT2D eigenvalue weighted by Crippen LogP contribution is 2.39. The molecule has 9 nitrogen and oxygen atoms in total. The molecule has 2 aromatic carbocycles. The minimum atomic E-state index is -0.662. The van der Waals surface area contributed by atoms with Gasteiger partial charge in [-0.2, -0.15) is 0 Å². The van der Waals surface area contributed by atoms with E-state index in [0.717, 1.165) is 11.1 Å². The first-order valence-electron chi connectivity index (χ1n) is 9.77. The van der Waals surface area contributed by atoms with Gasteiger partial charge < -0.3 is 23.7 Å². The SMILES string of the molecule is COc1ccc(C=Cc2cc(OC)c(OC)c(OC)c2)cc1Oc1ccc(C(=O)NO)cn1. The lowest BCUT2D eigenvalue weighted by Gasteiger charge is -2.13. The van der Waals surface area contributed by atoms with Gasteiger partial charge in [-0.3, -0.25) is 10.0 Å². The molecule has 0 unspecified atom stereocenters. The summed E-state index contributed by atoms with van der Waals surface area (Å²) in [4.78, 5) is 15.5. The predicted octanol–water partition coefficient (Wildman–Crippen LogP) is 4.20. The average molecular weight is 452 g/mol. The van der Waals surface area contributed by atoms with Crippen LogP contribution in [-0.4, -0.2) is 44.5 Å². The van der Waals surface area contributed by atoms with Crippen LogP contribution >= 0.6 is 0 Å². The van der Waals surface area contributed by atoms with Crippen molar-refractivity contribution in [3.63, 3.8) is 0 Å². The molecule has 0 aliphatic heterocycles. The molecule has 1 aromatic heterocycles. The minimum absolute atomic E-state index is 0.193. The normalized spacial score (nSPS) is 10.6. The van der Waals surface area contributed by atoms with Crippen LogP contribution in [0.3, 0.4) is 0 Å². The smallest absolute Gasteiger partial charge is 0.276 e. The van der Waals surface area contributed by atoms with Crippen molar-refractivity contribution in [2.24, 2.45) is 0 Å². The summed E-state index contributed by atoms with van der Waals surface area (Å²) in [5.41, 5.74) is 3.44. The van der Waals surface area contributed by atoms with Crippen LogP contribution in [0.25, 0.3) is 12.2 Å². The number of amides is 1. The Morgan fingerprint density at radius 1 is 0.818 bits per heavy atom. The summed E-state index contributed by atoms with van der Waals surface area (Å²) in [6.07, 6.45) is 5.09. The molecule has 172 valence electrons. The molecule has 3 rings (SSSR count). The molecule has 0 fully saturated rings. The lowest BCUT2D eigenvalue weighted by Crippen LogP contribution is -2.18. The number of carbonyl (C=O) groups excluding carboxylic acids is 1. The summed E-state index contributed by atoms with van der Waals surface area (Å²) in [6, 6.07) is 12.1. The van der Waals surface area contributed by atoms with E-state index in [2.05, 4.69) is 4.98 Å². The number of benzene rings is 2. The zero-order chi connectivity index (χ0) is 23.8. The molecule has 0 spiro atoms. The number of carbonyl (C=O) groups is 1. The Hall–Kier alpha value is -4.24. The van der Waals surface area contributed by atoms with E-state index in [1.807, 2.05) is 30.4 Å². The van der Waals surface area contributed by atoms with Gasteiger partial charge in [-0.1, -0.05) is 18.2 Å². The van der Waals surface area contributed by atoms with Crippen LogP contribution in [0.1, 0.15) is 21.5 Å². The number of hydroxylamine groups is 1. The number of methoxy groups -OCH3 is 4. The monoisotopic (exact) mass is 452 g/mol. The lowest BCUT2D eigenvalue weighted by molar-refractivity contribution is 0.0706. The number of aromatic nitrogens is 1. The van der Waals surface area contributed by atoms with Crippen LogP contribution in [0.2, 0.25) is 0 Å². The second-order valence-corrected chi connectivity index (χ2v) is 6.63. The van der Waals surface area contributed by atoms with Crippen LogP contribution in [0, 0.1) is 0 Å². The highest BCUT2D eigenvalue weighted by Gasteiger charge is 2.13. The van der Waals surface area contributed by atoms with Crippen LogP contribution in [0.15, 0.2) is 48.7 Å². The standard InChI is InChI=1S/C24H24N2O7/c1-29-18-9-7-15(5-6-16-12-20(30-2)23(32-4)21(13-16)31-3)11-19(18)33-22-10-8-17(14-25-22)24(27)26-28/h5-14,28H,1-4H3,(H,26,27). The second-order valence-electron chi connectivity index (χ2n) is 6.63. The zero-order valence-electron chi connectivity index (χ0n) is 18.6. The second kappa shape index (κ2) is 10.9. The van der Waals surface area contributed by atoms with Gasteiger partial charge in [0.1, 0.15) is 0 Å². The first-order chi connectivity index (χ1) is 16.0. The predicted molar refractivity (Wildman–Crippen MR) is 122 cm³/mol. The third kappa shape index (κ3) is 5.52. The van der Waals surface area contributed by atoms with Crippen LogP contribution in [0.5, 0.6) is 34.6 Å².